The number of unbranched alkanes of at least 4 members (excludes halogenated alkanes) is 1. The molecule has 0 unspecified atom stereocenters. The van der Waals surface area contributed by atoms with E-state index in [-0.39, 0.29) is 71.9 Å². The Morgan fingerprint density at radius 3 is 2.12 bits per heavy atom. The second-order valence-corrected chi connectivity index (χ2v) is 9.56. The molecule has 7 nitrogen and oxygen atoms in total. The van der Waals surface area contributed by atoms with Crippen molar-refractivity contribution in [3.63, 3.8) is 0 Å². The van der Waals surface area contributed by atoms with E-state index in [2.05, 4.69) is 12.1 Å². The van der Waals surface area contributed by atoms with E-state index in [1.165, 1.54) is 0 Å². The molecule has 0 atom stereocenters. The van der Waals surface area contributed by atoms with E-state index < -0.39 is 5.75 Å². The first-order chi connectivity index (χ1) is 19.9. The quantitative estimate of drug-likeness (QED) is 0.0604. The van der Waals surface area contributed by atoms with Crippen molar-refractivity contribution >= 4 is 29.5 Å². The molecule has 0 radical (unpaired) electrons. The maximum absolute atomic E-state index is 13.3. The van der Waals surface area contributed by atoms with Gasteiger partial charge in [0.25, 0.3) is 5.91 Å². The average molecular weight is 811 g/mol. The SMILES string of the molecule is [CH2-]C/C=C/CC/C=C/C(Cc1c(Cl)c(O)cc(O)c1[C-]=O)=N/OCC(=O)N(Cc1ccccc1)Cc1ccccc1.[U+2]. The topological polar surface area (TPSA) is 99.4 Å². The predicted molar refractivity (Wildman–Crippen MR) is 161 cm³/mol. The molecule has 216 valence electrons. The minimum atomic E-state index is -0.452. The number of oxime groups is 1. The van der Waals surface area contributed by atoms with Gasteiger partial charge in [0, 0.05) is 23.9 Å². The van der Waals surface area contributed by atoms with Crippen LogP contribution in [0.2, 0.25) is 5.02 Å². The Balaban J connectivity index is 0.00000616. The third-order valence-electron chi connectivity index (χ3n) is 6.08. The third kappa shape index (κ3) is 11.2. The number of carbonyl (C=O) groups excluding carboxylic acids is 2. The van der Waals surface area contributed by atoms with Gasteiger partial charge in [-0.1, -0.05) is 89.6 Å². The average Bonchev–Trinajstić information content (AvgIpc) is 2.98. The molecule has 3 rings (SSSR count). The largest absolute Gasteiger partial charge is 2.00 e. The normalized spacial score (nSPS) is 11.4. The van der Waals surface area contributed by atoms with Crippen LogP contribution in [0.25, 0.3) is 0 Å². The molecule has 0 aliphatic rings. The van der Waals surface area contributed by atoms with Crippen molar-refractivity contribution in [1.82, 2.24) is 4.90 Å². The molecule has 3 aromatic carbocycles. The summed E-state index contributed by atoms with van der Waals surface area (Å²) in [7, 11) is 0. The van der Waals surface area contributed by atoms with Crippen LogP contribution >= 0.6 is 11.6 Å². The van der Waals surface area contributed by atoms with E-state index in [0.29, 0.717) is 31.6 Å². The second-order valence-electron chi connectivity index (χ2n) is 9.18. The summed E-state index contributed by atoms with van der Waals surface area (Å²) in [6.07, 6.45) is 11.4. The summed E-state index contributed by atoms with van der Waals surface area (Å²) in [5, 5.41) is 24.3. The maximum atomic E-state index is 13.3. The van der Waals surface area contributed by atoms with Gasteiger partial charge in [-0.15, -0.1) is 17.2 Å². The van der Waals surface area contributed by atoms with E-state index in [1.54, 1.807) is 17.3 Å². The Kier molecular flexibility index (Phi) is 15.8. The minimum Gasteiger partial charge on any atom is -0.565 e. The molecule has 0 aliphatic carbocycles. The van der Waals surface area contributed by atoms with Crippen LogP contribution in [-0.4, -0.2) is 39.6 Å². The number of hydrogen-bond acceptors (Lipinski definition) is 6. The van der Waals surface area contributed by atoms with Crippen LogP contribution in [0.4, 0.5) is 0 Å². The van der Waals surface area contributed by atoms with Gasteiger partial charge in [-0.25, -0.2) is 0 Å². The summed E-state index contributed by atoms with van der Waals surface area (Å²) in [6.45, 7) is 4.23. The fraction of sp³-hybridized carbons (Fsp3) is 0.212. The molecule has 0 bridgehead atoms. The zero-order valence-corrected chi connectivity index (χ0v) is 28.1. The van der Waals surface area contributed by atoms with Crippen LogP contribution in [0.5, 0.6) is 11.5 Å². The van der Waals surface area contributed by atoms with Crippen LogP contribution in [0, 0.1) is 38.0 Å². The van der Waals surface area contributed by atoms with E-state index in [4.69, 9.17) is 16.4 Å². The first-order valence-electron chi connectivity index (χ1n) is 13.2. The molecular weight excluding hydrogens is 778 g/mol. The number of benzene rings is 3. The first-order valence-corrected chi connectivity index (χ1v) is 13.6. The molecule has 2 N–H and O–H groups in total. The second kappa shape index (κ2) is 19.0. The van der Waals surface area contributed by atoms with Crippen molar-refractivity contribution in [2.24, 2.45) is 5.16 Å². The molecule has 0 spiro atoms. The fourth-order valence-electron chi connectivity index (χ4n) is 4.02. The Morgan fingerprint density at radius 2 is 1.55 bits per heavy atom. The third-order valence-corrected chi connectivity index (χ3v) is 6.50. The molecular formula is C33H33ClN2O5U. The van der Waals surface area contributed by atoms with Gasteiger partial charge in [-0.05, 0) is 42.5 Å². The van der Waals surface area contributed by atoms with Gasteiger partial charge in [-0.3, -0.25) is 4.79 Å². The molecule has 3 aromatic rings. The van der Waals surface area contributed by atoms with E-state index in [1.807, 2.05) is 78.9 Å². The molecule has 0 saturated carbocycles. The van der Waals surface area contributed by atoms with Gasteiger partial charge in [0.05, 0.1) is 12.0 Å². The van der Waals surface area contributed by atoms with Crippen LogP contribution in [0.15, 0.2) is 96.2 Å². The molecule has 0 heterocycles. The Hall–Kier alpha value is -3.31. The number of aromatic hydroxyl groups is 2. The van der Waals surface area contributed by atoms with Crippen LogP contribution < -0.4 is 0 Å². The van der Waals surface area contributed by atoms with Crippen molar-refractivity contribution in [2.75, 3.05) is 6.61 Å². The number of nitrogens with zero attached hydrogens (tertiary/aromatic N) is 2. The van der Waals surface area contributed by atoms with Crippen molar-refractivity contribution in [1.29, 1.82) is 0 Å². The van der Waals surface area contributed by atoms with Crippen LogP contribution in [0.3, 0.4) is 0 Å². The molecule has 0 aliphatic heterocycles. The number of phenols is 2. The fourth-order valence-corrected chi connectivity index (χ4v) is 4.23. The van der Waals surface area contributed by atoms with E-state index in [9.17, 15) is 19.8 Å². The van der Waals surface area contributed by atoms with Crippen molar-refractivity contribution in [3.05, 3.63) is 125 Å². The summed E-state index contributed by atoms with van der Waals surface area (Å²) >= 11 is 6.26. The van der Waals surface area contributed by atoms with Gasteiger partial charge in [0.2, 0.25) is 0 Å². The first kappa shape index (κ1) is 34.9. The summed E-state index contributed by atoms with van der Waals surface area (Å²) < 4.78 is 0. The van der Waals surface area contributed by atoms with Crippen LogP contribution in [-0.2, 0) is 33.9 Å². The van der Waals surface area contributed by atoms with Crippen molar-refractivity contribution in [3.8, 4) is 11.5 Å². The van der Waals surface area contributed by atoms with E-state index >= 15 is 0 Å². The number of amides is 1. The molecule has 0 aromatic heterocycles. The van der Waals surface area contributed by atoms with Gasteiger partial charge < -0.3 is 31.7 Å². The summed E-state index contributed by atoms with van der Waals surface area (Å²) in [5.74, 6) is -1.10. The molecule has 0 fully saturated rings. The number of hydrogen-bond donors (Lipinski definition) is 2. The zero-order valence-electron chi connectivity index (χ0n) is 23.2. The Morgan fingerprint density at radius 1 is 0.952 bits per heavy atom. The number of halogens is 1. The standard InChI is InChI=1S/C33H33ClN2O5.U/c1-2-3-4-5-6-13-18-27(19-28-29(23-37)30(38)20-31(39)33(28)34)35-41-24-32(40)36(21-25-14-9-7-10-15-25)22-26-16-11-8-12-17-26;/h3-4,7-18,20,38-39H,1-2,5-6,19,21-22,24H2;/q-2;+2/b4-3+,18-13+,35-27-;. The van der Waals surface area contributed by atoms with Gasteiger partial charge in [-0.2, -0.15) is 6.42 Å². The number of carbonyl (C=O) groups is 1. The van der Waals surface area contributed by atoms with Crippen molar-refractivity contribution in [2.45, 2.75) is 38.8 Å². The van der Waals surface area contributed by atoms with Gasteiger partial charge in [0.1, 0.15) is 5.75 Å². The van der Waals surface area contributed by atoms with E-state index in [0.717, 1.165) is 23.6 Å². The monoisotopic (exact) mass is 810 g/mol. The van der Waals surface area contributed by atoms with Crippen LogP contribution in [0.1, 0.15) is 41.5 Å². The maximum Gasteiger partial charge on any atom is 2.00 e. The predicted octanol–water partition coefficient (Wildman–Crippen LogP) is 6.47. The van der Waals surface area contributed by atoms with Crippen molar-refractivity contribution < 1.29 is 55.8 Å². The summed E-state index contributed by atoms with van der Waals surface area (Å²) in [5.41, 5.74) is 2.25. The molecule has 1 amide bonds. The summed E-state index contributed by atoms with van der Waals surface area (Å²) in [6, 6.07) is 20.3. The molecule has 42 heavy (non-hydrogen) atoms. The Bertz CT molecular complexity index is 1340. The van der Waals surface area contributed by atoms with Gasteiger partial charge in [0.15, 0.2) is 6.61 Å². The molecule has 0 saturated heterocycles. The van der Waals surface area contributed by atoms with Gasteiger partial charge >= 0.3 is 31.1 Å². The molecule has 9 heteroatoms. The number of phenolic OH excluding ortho intramolecular Hbond substituents is 2. The smallest absolute Gasteiger partial charge is 0.565 e. The summed E-state index contributed by atoms with van der Waals surface area (Å²) in [4.78, 5) is 32.0. The number of rotatable bonds is 15. The Labute approximate surface area is 275 Å². The number of allylic oxidation sites excluding steroid dienone is 4. The minimum absolute atomic E-state index is 0. The zero-order chi connectivity index (χ0) is 29.5.